The molecule has 21 heavy (non-hydrogen) atoms. The van der Waals surface area contributed by atoms with Gasteiger partial charge >= 0.3 is 0 Å². The van der Waals surface area contributed by atoms with Gasteiger partial charge in [-0.25, -0.2) is 8.42 Å². The van der Waals surface area contributed by atoms with Crippen molar-refractivity contribution in [2.45, 2.75) is 36.6 Å². The van der Waals surface area contributed by atoms with E-state index < -0.39 is 22.0 Å². The van der Waals surface area contributed by atoms with E-state index in [4.69, 9.17) is 10.5 Å². The Hall–Kier alpha value is -1.60. The Bertz CT molecular complexity index is 672. The Labute approximate surface area is 123 Å². The number of hydrogen-bond acceptors (Lipinski definition) is 4. The second-order valence-electron chi connectivity index (χ2n) is 5.40. The van der Waals surface area contributed by atoms with Gasteiger partial charge in [-0.15, -0.1) is 0 Å². The second-order valence-corrected chi connectivity index (χ2v) is 7.29. The summed E-state index contributed by atoms with van der Waals surface area (Å²) in [7, 11) is -3.70. The predicted molar refractivity (Wildman–Crippen MR) is 76.4 cm³/mol. The normalized spacial score (nSPS) is 22.6. The Morgan fingerprint density at radius 1 is 1.33 bits per heavy atom. The van der Waals surface area contributed by atoms with E-state index in [9.17, 15) is 13.2 Å². The molecule has 6 nitrogen and oxygen atoms in total. The maximum Gasteiger partial charge on any atom is 0.243 e. The van der Waals surface area contributed by atoms with Gasteiger partial charge < -0.3 is 10.5 Å². The quantitative estimate of drug-likeness (QED) is 0.887. The lowest BCUT2D eigenvalue weighted by Gasteiger charge is -2.32. The van der Waals surface area contributed by atoms with Crippen LogP contribution in [0.25, 0.3) is 0 Å². The Morgan fingerprint density at radius 3 is 2.90 bits per heavy atom. The number of amides is 1. The minimum atomic E-state index is -3.70. The van der Waals surface area contributed by atoms with Crippen LogP contribution in [-0.2, 0) is 21.2 Å². The van der Waals surface area contributed by atoms with Crippen LogP contribution in [0, 0.1) is 0 Å². The molecule has 1 amide bonds. The number of nitrogens with zero attached hydrogens (tertiary/aromatic N) is 1. The number of fused-ring (bicyclic) bond motifs is 1. The van der Waals surface area contributed by atoms with Crippen molar-refractivity contribution in [2.24, 2.45) is 5.73 Å². The van der Waals surface area contributed by atoms with E-state index in [0.717, 1.165) is 24.2 Å². The summed E-state index contributed by atoms with van der Waals surface area (Å²) in [6.07, 6.45) is 2.76. The van der Waals surface area contributed by atoms with Gasteiger partial charge in [0.1, 0.15) is 11.8 Å². The number of rotatable bonds is 3. The fraction of sp³-hybridized carbons (Fsp3) is 0.500. The van der Waals surface area contributed by atoms with Gasteiger partial charge in [-0.1, -0.05) is 6.42 Å². The molecule has 0 bridgehead atoms. The fourth-order valence-electron chi connectivity index (χ4n) is 2.94. The highest BCUT2D eigenvalue weighted by Crippen LogP contribution is 2.31. The van der Waals surface area contributed by atoms with Crippen molar-refractivity contribution in [3.63, 3.8) is 0 Å². The zero-order valence-electron chi connectivity index (χ0n) is 11.6. The zero-order chi connectivity index (χ0) is 15.0. The van der Waals surface area contributed by atoms with Gasteiger partial charge in [0.05, 0.1) is 11.5 Å². The Kier molecular flexibility index (Phi) is 3.62. The third-order valence-electron chi connectivity index (χ3n) is 4.05. The molecule has 0 radical (unpaired) electrons. The molecule has 2 aliphatic heterocycles. The molecule has 1 fully saturated rings. The van der Waals surface area contributed by atoms with Crippen LogP contribution < -0.4 is 10.5 Å². The van der Waals surface area contributed by atoms with Crippen molar-refractivity contribution in [1.82, 2.24) is 4.31 Å². The topological polar surface area (TPSA) is 89.7 Å². The molecule has 1 saturated heterocycles. The van der Waals surface area contributed by atoms with Crippen LogP contribution in [0.15, 0.2) is 23.1 Å². The summed E-state index contributed by atoms with van der Waals surface area (Å²) in [5.74, 6) is 0.154. The van der Waals surface area contributed by atoms with E-state index in [1.54, 1.807) is 12.1 Å². The first kappa shape index (κ1) is 14.3. The van der Waals surface area contributed by atoms with Crippen LogP contribution in [0.1, 0.15) is 24.8 Å². The average Bonchev–Trinajstić information content (AvgIpc) is 2.94. The van der Waals surface area contributed by atoms with E-state index in [1.807, 2.05) is 0 Å². The summed E-state index contributed by atoms with van der Waals surface area (Å²) in [4.78, 5) is 11.7. The van der Waals surface area contributed by atoms with Gasteiger partial charge in [0.25, 0.3) is 0 Å². The van der Waals surface area contributed by atoms with Crippen molar-refractivity contribution >= 4 is 15.9 Å². The first-order valence-corrected chi connectivity index (χ1v) is 8.51. The van der Waals surface area contributed by atoms with Crippen LogP contribution in [0.5, 0.6) is 5.75 Å². The van der Waals surface area contributed by atoms with Crippen LogP contribution in [-0.4, -0.2) is 37.8 Å². The molecule has 2 heterocycles. The lowest BCUT2D eigenvalue weighted by molar-refractivity contribution is -0.122. The van der Waals surface area contributed by atoms with Crippen LogP contribution in [0.3, 0.4) is 0 Å². The van der Waals surface area contributed by atoms with Crippen molar-refractivity contribution in [3.8, 4) is 5.75 Å². The summed E-state index contributed by atoms with van der Waals surface area (Å²) >= 11 is 0. The van der Waals surface area contributed by atoms with Gasteiger partial charge in [0.2, 0.25) is 15.9 Å². The number of carbonyl (C=O) groups is 1. The van der Waals surface area contributed by atoms with Crippen molar-refractivity contribution < 1.29 is 17.9 Å². The summed E-state index contributed by atoms with van der Waals surface area (Å²) in [5, 5.41) is 0. The number of benzene rings is 1. The number of sulfonamides is 1. The van der Waals surface area contributed by atoms with E-state index in [0.29, 0.717) is 26.0 Å². The van der Waals surface area contributed by atoms with Crippen LogP contribution in [0.2, 0.25) is 0 Å². The van der Waals surface area contributed by atoms with Gasteiger partial charge in [-0.3, -0.25) is 4.79 Å². The summed E-state index contributed by atoms with van der Waals surface area (Å²) in [6.45, 7) is 0.913. The molecular weight excluding hydrogens is 292 g/mol. The molecule has 0 aromatic heterocycles. The van der Waals surface area contributed by atoms with E-state index in [-0.39, 0.29) is 4.90 Å². The zero-order valence-corrected chi connectivity index (χ0v) is 12.4. The summed E-state index contributed by atoms with van der Waals surface area (Å²) < 4.78 is 32.2. The molecule has 0 spiro atoms. The maximum atomic E-state index is 12.8. The van der Waals surface area contributed by atoms with Gasteiger partial charge in [0.15, 0.2) is 0 Å². The standard InChI is InChI=1S/C14H18N2O4S/c15-14(17)12-3-1-2-7-16(12)21(18,19)11-4-5-13-10(9-11)6-8-20-13/h4-5,9,12H,1-3,6-8H2,(H2,15,17)/t12-/m0/s1. The van der Waals surface area contributed by atoms with Crippen LogP contribution in [0.4, 0.5) is 0 Å². The molecule has 1 atom stereocenters. The first-order valence-electron chi connectivity index (χ1n) is 7.07. The number of nitrogens with two attached hydrogens (primary N) is 1. The molecule has 7 heteroatoms. The van der Waals surface area contributed by atoms with Crippen LogP contribution >= 0.6 is 0 Å². The number of primary amides is 1. The van der Waals surface area contributed by atoms with Crippen molar-refractivity contribution in [3.05, 3.63) is 23.8 Å². The Morgan fingerprint density at radius 2 is 2.14 bits per heavy atom. The monoisotopic (exact) mass is 310 g/mol. The predicted octanol–water partition coefficient (Wildman–Crippen LogP) is 0.650. The SMILES string of the molecule is NC(=O)[C@@H]1CCCCN1S(=O)(=O)c1ccc2c(c1)CCO2. The minimum absolute atomic E-state index is 0.208. The molecule has 0 unspecified atom stereocenters. The summed E-state index contributed by atoms with van der Waals surface area (Å²) in [6, 6.07) is 4.11. The molecule has 0 aliphatic carbocycles. The average molecular weight is 310 g/mol. The van der Waals surface area contributed by atoms with Gasteiger partial charge in [-0.2, -0.15) is 4.31 Å². The third-order valence-corrected chi connectivity index (χ3v) is 5.95. The molecule has 2 aliphatic rings. The minimum Gasteiger partial charge on any atom is -0.493 e. The van der Waals surface area contributed by atoms with Gasteiger partial charge in [0, 0.05) is 13.0 Å². The summed E-state index contributed by atoms with van der Waals surface area (Å²) in [5.41, 5.74) is 6.25. The highest BCUT2D eigenvalue weighted by atomic mass is 32.2. The highest BCUT2D eigenvalue weighted by molar-refractivity contribution is 7.89. The molecule has 1 aromatic rings. The van der Waals surface area contributed by atoms with E-state index in [2.05, 4.69) is 0 Å². The smallest absolute Gasteiger partial charge is 0.243 e. The second kappa shape index (κ2) is 5.31. The molecule has 3 rings (SSSR count). The van der Waals surface area contributed by atoms with Crippen molar-refractivity contribution in [2.75, 3.05) is 13.2 Å². The molecular formula is C14H18N2O4S. The number of carbonyl (C=O) groups excluding carboxylic acids is 1. The van der Waals surface area contributed by atoms with E-state index in [1.165, 1.54) is 10.4 Å². The lowest BCUT2D eigenvalue weighted by atomic mass is 10.0. The van der Waals surface area contributed by atoms with Crippen molar-refractivity contribution in [1.29, 1.82) is 0 Å². The molecule has 114 valence electrons. The van der Waals surface area contributed by atoms with Gasteiger partial charge in [-0.05, 0) is 36.6 Å². The Balaban J connectivity index is 1.97. The largest absolute Gasteiger partial charge is 0.493 e. The lowest BCUT2D eigenvalue weighted by Crippen LogP contribution is -2.50. The molecule has 0 saturated carbocycles. The number of hydrogen-bond donors (Lipinski definition) is 1. The molecule has 2 N–H and O–H groups in total. The number of piperidine rings is 1. The first-order chi connectivity index (χ1) is 10.00. The highest BCUT2D eigenvalue weighted by Gasteiger charge is 2.36. The number of ether oxygens (including phenoxy) is 1. The maximum absolute atomic E-state index is 12.8. The third kappa shape index (κ3) is 2.51. The fourth-order valence-corrected chi connectivity index (χ4v) is 4.65. The van der Waals surface area contributed by atoms with E-state index >= 15 is 0 Å². The molecule has 1 aromatic carbocycles.